The van der Waals surface area contributed by atoms with E-state index in [0.717, 1.165) is 26.1 Å². The van der Waals surface area contributed by atoms with Crippen LogP contribution in [-0.2, 0) is 32.4 Å². The van der Waals surface area contributed by atoms with Gasteiger partial charge in [0, 0.05) is 37.4 Å². The third-order valence-corrected chi connectivity index (χ3v) is 4.78. The van der Waals surface area contributed by atoms with E-state index in [2.05, 4.69) is 41.3 Å². The third kappa shape index (κ3) is 2.73. The first-order valence-corrected chi connectivity index (χ1v) is 8.15. The van der Waals surface area contributed by atoms with Gasteiger partial charge in [0.25, 0.3) is 0 Å². The fourth-order valence-electron chi connectivity index (χ4n) is 3.64. The highest BCUT2D eigenvalue weighted by Gasteiger charge is 2.21. The lowest BCUT2D eigenvalue weighted by atomic mass is 9.92. The molecule has 0 unspecified atom stereocenters. The Morgan fingerprint density at radius 1 is 0.905 bits per heavy atom. The summed E-state index contributed by atoms with van der Waals surface area (Å²) in [6.07, 6.45) is 6.18. The van der Waals surface area contributed by atoms with Gasteiger partial charge in [-0.1, -0.05) is 36.4 Å². The zero-order valence-corrected chi connectivity index (χ0v) is 12.5. The van der Waals surface area contributed by atoms with Crippen LogP contribution in [0, 0.1) is 0 Å². The molecule has 2 aromatic rings. The van der Waals surface area contributed by atoms with Gasteiger partial charge >= 0.3 is 0 Å². The van der Waals surface area contributed by atoms with Gasteiger partial charge in [0.15, 0.2) is 0 Å². The fraction of sp³-hybridized carbons (Fsp3) is 0.421. The van der Waals surface area contributed by atoms with E-state index in [1.54, 1.807) is 0 Å². The van der Waals surface area contributed by atoms with Crippen molar-refractivity contribution in [2.75, 3.05) is 6.54 Å². The number of hydrogen-bond acceptors (Lipinski definition) is 2. The van der Waals surface area contributed by atoms with E-state index in [1.807, 2.05) is 0 Å². The van der Waals surface area contributed by atoms with Crippen LogP contribution < -0.4 is 0 Å². The maximum atomic E-state index is 4.97. The highest BCUT2D eigenvalue weighted by Crippen LogP contribution is 2.26. The molecule has 2 aliphatic rings. The highest BCUT2D eigenvalue weighted by atomic mass is 15.1. The molecular weight excluding hydrogens is 256 g/mol. The predicted molar refractivity (Wildman–Crippen MR) is 85.1 cm³/mol. The van der Waals surface area contributed by atoms with E-state index in [9.17, 15) is 0 Å². The van der Waals surface area contributed by atoms with Gasteiger partial charge < -0.3 is 0 Å². The molecule has 0 spiro atoms. The summed E-state index contributed by atoms with van der Waals surface area (Å²) in [6.45, 7) is 3.25. The van der Waals surface area contributed by atoms with Crippen molar-refractivity contribution in [1.29, 1.82) is 0 Å². The van der Waals surface area contributed by atoms with Crippen molar-refractivity contribution in [1.82, 2.24) is 9.88 Å². The molecule has 0 amide bonds. The molecule has 1 aliphatic carbocycles. The summed E-state index contributed by atoms with van der Waals surface area (Å²) in [5.74, 6) is 0. The molecule has 21 heavy (non-hydrogen) atoms. The molecule has 0 atom stereocenters. The van der Waals surface area contributed by atoms with Crippen LogP contribution in [0.2, 0.25) is 0 Å². The Kier molecular flexibility index (Phi) is 3.48. The number of aromatic nitrogens is 1. The van der Waals surface area contributed by atoms with Crippen LogP contribution in [0.5, 0.6) is 0 Å². The molecule has 4 rings (SSSR count). The second kappa shape index (κ2) is 5.61. The normalized spacial score (nSPS) is 18.1. The van der Waals surface area contributed by atoms with Crippen LogP contribution in [0.4, 0.5) is 0 Å². The van der Waals surface area contributed by atoms with Gasteiger partial charge in [-0.2, -0.15) is 0 Å². The van der Waals surface area contributed by atoms with Gasteiger partial charge in [0.05, 0.1) is 0 Å². The minimum atomic E-state index is 1.05. The predicted octanol–water partition coefficient (Wildman–Crippen LogP) is 3.52. The van der Waals surface area contributed by atoms with Crippen LogP contribution in [-0.4, -0.2) is 16.4 Å². The van der Waals surface area contributed by atoms with Gasteiger partial charge in [-0.25, -0.2) is 0 Å². The Bertz CT molecular complexity index is 634. The maximum absolute atomic E-state index is 4.97. The average molecular weight is 278 g/mol. The van der Waals surface area contributed by atoms with E-state index in [1.165, 1.54) is 53.8 Å². The van der Waals surface area contributed by atoms with Gasteiger partial charge in [-0.05, 0) is 42.4 Å². The standard InChI is InChI=1S/C19H22N2/c1-2-6-15(7-3-1)13-21-11-10-19-17(14-21)12-16-8-4-5-9-18(16)20-19/h1-3,6-7,12H,4-5,8-11,13-14H2. The summed E-state index contributed by atoms with van der Waals surface area (Å²) in [5, 5.41) is 0. The maximum Gasteiger partial charge on any atom is 0.0464 e. The molecule has 1 aromatic carbocycles. The fourth-order valence-corrected chi connectivity index (χ4v) is 3.64. The van der Waals surface area contributed by atoms with Crippen molar-refractivity contribution in [2.24, 2.45) is 0 Å². The molecule has 0 saturated heterocycles. The largest absolute Gasteiger partial charge is 0.294 e. The number of nitrogens with zero attached hydrogens (tertiary/aromatic N) is 2. The Hall–Kier alpha value is -1.67. The van der Waals surface area contributed by atoms with E-state index in [0.29, 0.717) is 0 Å². The van der Waals surface area contributed by atoms with Crippen LogP contribution >= 0.6 is 0 Å². The van der Waals surface area contributed by atoms with Crippen molar-refractivity contribution < 1.29 is 0 Å². The molecule has 2 heteroatoms. The third-order valence-electron chi connectivity index (χ3n) is 4.78. The van der Waals surface area contributed by atoms with E-state index in [-0.39, 0.29) is 0 Å². The van der Waals surface area contributed by atoms with Crippen molar-refractivity contribution in [2.45, 2.75) is 45.2 Å². The number of hydrogen-bond donors (Lipinski definition) is 0. The second-order valence-corrected chi connectivity index (χ2v) is 6.35. The molecule has 2 heterocycles. The van der Waals surface area contributed by atoms with Crippen molar-refractivity contribution in [3.8, 4) is 0 Å². The summed E-state index contributed by atoms with van der Waals surface area (Å²) in [4.78, 5) is 7.52. The number of aryl methyl sites for hydroxylation is 2. The lowest BCUT2D eigenvalue weighted by Gasteiger charge is -2.30. The first kappa shape index (κ1) is 13.0. The monoisotopic (exact) mass is 278 g/mol. The molecule has 1 aromatic heterocycles. The quantitative estimate of drug-likeness (QED) is 0.835. The highest BCUT2D eigenvalue weighted by molar-refractivity contribution is 5.33. The van der Waals surface area contributed by atoms with E-state index in [4.69, 9.17) is 4.98 Å². The molecule has 0 fully saturated rings. The van der Waals surface area contributed by atoms with Crippen LogP contribution in [0.15, 0.2) is 36.4 Å². The van der Waals surface area contributed by atoms with Gasteiger partial charge in [0.2, 0.25) is 0 Å². The van der Waals surface area contributed by atoms with Gasteiger partial charge in [0.1, 0.15) is 0 Å². The summed E-state index contributed by atoms with van der Waals surface area (Å²) in [7, 11) is 0. The molecule has 0 bridgehead atoms. The Balaban J connectivity index is 1.54. The SMILES string of the molecule is c1ccc(CN2CCc3nc4c(cc3C2)CCCC4)cc1. The lowest BCUT2D eigenvalue weighted by Crippen LogP contribution is -2.31. The van der Waals surface area contributed by atoms with Crippen LogP contribution in [0.1, 0.15) is 40.9 Å². The van der Waals surface area contributed by atoms with Crippen molar-refractivity contribution in [3.63, 3.8) is 0 Å². The number of pyridine rings is 1. The summed E-state index contributed by atoms with van der Waals surface area (Å²) < 4.78 is 0. The molecule has 108 valence electrons. The van der Waals surface area contributed by atoms with Crippen LogP contribution in [0.3, 0.4) is 0 Å². The Morgan fingerprint density at radius 2 is 1.71 bits per heavy atom. The summed E-state index contributed by atoms with van der Waals surface area (Å²) in [6, 6.07) is 13.2. The molecule has 0 N–H and O–H groups in total. The molecule has 0 radical (unpaired) electrons. The number of rotatable bonds is 2. The van der Waals surface area contributed by atoms with Gasteiger partial charge in [-0.3, -0.25) is 9.88 Å². The lowest BCUT2D eigenvalue weighted by molar-refractivity contribution is 0.243. The zero-order valence-electron chi connectivity index (χ0n) is 12.5. The first-order chi connectivity index (χ1) is 10.4. The minimum Gasteiger partial charge on any atom is -0.294 e. The van der Waals surface area contributed by atoms with E-state index >= 15 is 0 Å². The van der Waals surface area contributed by atoms with Crippen LogP contribution in [0.25, 0.3) is 0 Å². The summed E-state index contributed by atoms with van der Waals surface area (Å²) >= 11 is 0. The minimum absolute atomic E-state index is 1.05. The van der Waals surface area contributed by atoms with E-state index < -0.39 is 0 Å². The topological polar surface area (TPSA) is 16.1 Å². The molecule has 2 nitrogen and oxygen atoms in total. The molecular formula is C19H22N2. The molecule has 1 aliphatic heterocycles. The zero-order chi connectivity index (χ0) is 14.1. The number of fused-ring (bicyclic) bond motifs is 2. The average Bonchev–Trinajstić information content (AvgIpc) is 2.54. The first-order valence-electron chi connectivity index (χ1n) is 8.15. The Labute approximate surface area is 126 Å². The Morgan fingerprint density at radius 3 is 2.62 bits per heavy atom. The number of benzene rings is 1. The smallest absolute Gasteiger partial charge is 0.0464 e. The van der Waals surface area contributed by atoms with Crippen molar-refractivity contribution in [3.05, 3.63) is 64.5 Å². The second-order valence-electron chi connectivity index (χ2n) is 6.35. The van der Waals surface area contributed by atoms with Gasteiger partial charge in [-0.15, -0.1) is 0 Å². The molecule has 0 saturated carbocycles. The summed E-state index contributed by atoms with van der Waals surface area (Å²) in [5.41, 5.74) is 7.14. The van der Waals surface area contributed by atoms with Crippen molar-refractivity contribution >= 4 is 0 Å².